The molecule has 0 saturated heterocycles. The van der Waals surface area contributed by atoms with Crippen molar-refractivity contribution in [2.45, 2.75) is 37.7 Å². The quantitative estimate of drug-likeness (QED) is 0.504. The molecule has 2 heteroatoms. The lowest BCUT2D eigenvalue weighted by molar-refractivity contribution is 0.248. The van der Waals surface area contributed by atoms with E-state index in [9.17, 15) is 4.39 Å². The molecule has 1 rings (SSSR count). The van der Waals surface area contributed by atoms with Crippen molar-refractivity contribution < 1.29 is 4.39 Å². The van der Waals surface area contributed by atoms with Crippen molar-refractivity contribution in [3.05, 3.63) is 0 Å². The largest absolute Gasteiger partial charge is 0.230 e. The first kappa shape index (κ1) is 7.33. The van der Waals surface area contributed by atoms with Gasteiger partial charge in [-0.25, -0.2) is 4.39 Å². The van der Waals surface area contributed by atoms with Crippen LogP contribution in [0.3, 0.4) is 0 Å². The van der Waals surface area contributed by atoms with E-state index in [0.717, 1.165) is 25.7 Å². The smallest absolute Gasteiger partial charge is 0.176 e. The van der Waals surface area contributed by atoms with Gasteiger partial charge in [0.25, 0.3) is 0 Å². The first-order valence-corrected chi connectivity index (χ1v) is 4.02. The third-order valence-corrected chi connectivity index (χ3v) is 2.36. The Morgan fingerprint density at radius 1 is 1.22 bits per heavy atom. The molecule has 0 amide bonds. The van der Waals surface area contributed by atoms with Gasteiger partial charge in [-0.3, -0.25) is 0 Å². The van der Waals surface area contributed by atoms with Gasteiger partial charge in [0, 0.05) is 5.92 Å². The minimum Gasteiger partial charge on any atom is -0.230 e. The van der Waals surface area contributed by atoms with Gasteiger partial charge in [0.2, 0.25) is 0 Å². The maximum absolute atomic E-state index is 12.4. The standard InChI is InChI=1S/C7H12ClF/c8-7(9)6-4-2-1-3-5-6/h6-7H,1-5H2. The summed E-state index contributed by atoms with van der Waals surface area (Å²) in [5.74, 6) is 0.153. The Kier molecular flexibility index (Phi) is 2.77. The van der Waals surface area contributed by atoms with E-state index in [1.54, 1.807) is 0 Å². The van der Waals surface area contributed by atoms with Gasteiger partial charge in [0.05, 0.1) is 0 Å². The second-order valence-corrected chi connectivity index (χ2v) is 3.15. The summed E-state index contributed by atoms with van der Waals surface area (Å²) in [7, 11) is 0. The molecule has 0 aromatic heterocycles. The highest BCUT2D eigenvalue weighted by Crippen LogP contribution is 2.29. The summed E-state index contributed by atoms with van der Waals surface area (Å²) in [6, 6.07) is 0. The predicted molar refractivity (Wildman–Crippen MR) is 37.3 cm³/mol. The fourth-order valence-electron chi connectivity index (χ4n) is 1.39. The lowest BCUT2D eigenvalue weighted by atomic mass is 9.90. The summed E-state index contributed by atoms with van der Waals surface area (Å²) in [4.78, 5) is 0. The van der Waals surface area contributed by atoms with Crippen LogP contribution in [0.5, 0.6) is 0 Å². The highest BCUT2D eigenvalue weighted by molar-refractivity contribution is 6.19. The number of alkyl halides is 2. The zero-order valence-corrected chi connectivity index (χ0v) is 6.20. The van der Waals surface area contributed by atoms with Crippen LogP contribution in [0.2, 0.25) is 0 Å². The van der Waals surface area contributed by atoms with Crippen molar-refractivity contribution in [2.24, 2.45) is 5.92 Å². The van der Waals surface area contributed by atoms with Gasteiger partial charge in [0.15, 0.2) is 5.63 Å². The fraction of sp³-hybridized carbons (Fsp3) is 1.00. The Morgan fingerprint density at radius 2 is 1.78 bits per heavy atom. The lowest BCUT2D eigenvalue weighted by Crippen LogP contribution is -2.13. The maximum atomic E-state index is 12.4. The van der Waals surface area contributed by atoms with E-state index in [2.05, 4.69) is 0 Å². The molecule has 0 radical (unpaired) electrons. The topological polar surface area (TPSA) is 0 Å². The molecule has 1 aliphatic carbocycles. The van der Waals surface area contributed by atoms with Crippen molar-refractivity contribution in [1.29, 1.82) is 0 Å². The monoisotopic (exact) mass is 150 g/mol. The molecule has 0 nitrogen and oxygen atoms in total. The van der Waals surface area contributed by atoms with E-state index in [-0.39, 0.29) is 5.92 Å². The molecular formula is C7H12ClF. The summed E-state index contributed by atoms with van der Waals surface area (Å²) in [6.07, 6.45) is 5.57. The molecule has 0 heterocycles. The van der Waals surface area contributed by atoms with Crippen molar-refractivity contribution in [3.8, 4) is 0 Å². The average Bonchev–Trinajstić information content (AvgIpc) is 1.90. The lowest BCUT2D eigenvalue weighted by Gasteiger charge is -2.20. The molecule has 1 fully saturated rings. The summed E-state index contributed by atoms with van der Waals surface area (Å²) in [5, 5.41) is 0. The first-order chi connectivity index (χ1) is 4.30. The van der Waals surface area contributed by atoms with E-state index in [1.807, 2.05) is 0 Å². The van der Waals surface area contributed by atoms with Crippen LogP contribution < -0.4 is 0 Å². The Labute approximate surface area is 60.4 Å². The molecule has 0 aromatic carbocycles. The minimum absolute atomic E-state index is 0.153. The maximum Gasteiger partial charge on any atom is 0.176 e. The Hall–Kier alpha value is 0.220. The van der Waals surface area contributed by atoms with Crippen LogP contribution in [-0.2, 0) is 0 Å². The normalized spacial score (nSPS) is 26.0. The van der Waals surface area contributed by atoms with Gasteiger partial charge in [0.1, 0.15) is 0 Å². The number of hydrogen-bond acceptors (Lipinski definition) is 0. The SMILES string of the molecule is FC(Cl)C1CCCCC1. The van der Waals surface area contributed by atoms with Crippen molar-refractivity contribution in [2.75, 3.05) is 0 Å². The van der Waals surface area contributed by atoms with Crippen molar-refractivity contribution >= 4 is 11.6 Å². The van der Waals surface area contributed by atoms with Gasteiger partial charge in [-0.1, -0.05) is 30.9 Å². The van der Waals surface area contributed by atoms with Crippen molar-refractivity contribution in [1.82, 2.24) is 0 Å². The van der Waals surface area contributed by atoms with E-state index in [4.69, 9.17) is 11.6 Å². The second kappa shape index (κ2) is 3.40. The van der Waals surface area contributed by atoms with Crippen LogP contribution in [-0.4, -0.2) is 5.63 Å². The van der Waals surface area contributed by atoms with E-state index < -0.39 is 5.63 Å². The average molecular weight is 151 g/mol. The van der Waals surface area contributed by atoms with Crippen LogP contribution >= 0.6 is 11.6 Å². The zero-order valence-electron chi connectivity index (χ0n) is 5.45. The molecule has 0 bridgehead atoms. The van der Waals surface area contributed by atoms with Crippen LogP contribution in [0.4, 0.5) is 4.39 Å². The molecule has 1 unspecified atom stereocenters. The summed E-state index contributed by atoms with van der Waals surface area (Å²) in [5.41, 5.74) is -1.09. The van der Waals surface area contributed by atoms with Gasteiger partial charge < -0.3 is 0 Å². The zero-order chi connectivity index (χ0) is 6.69. The minimum atomic E-state index is -1.09. The Balaban J connectivity index is 2.23. The van der Waals surface area contributed by atoms with Crippen molar-refractivity contribution in [3.63, 3.8) is 0 Å². The Morgan fingerprint density at radius 3 is 2.11 bits per heavy atom. The molecule has 9 heavy (non-hydrogen) atoms. The molecule has 0 N–H and O–H groups in total. The molecule has 54 valence electrons. The Bertz CT molecular complexity index is 77.0. The number of halogens is 2. The van der Waals surface area contributed by atoms with Crippen LogP contribution in [0.1, 0.15) is 32.1 Å². The van der Waals surface area contributed by atoms with Gasteiger partial charge in [-0.15, -0.1) is 0 Å². The summed E-state index contributed by atoms with van der Waals surface area (Å²) in [6.45, 7) is 0. The number of rotatable bonds is 1. The van der Waals surface area contributed by atoms with Crippen LogP contribution in [0.15, 0.2) is 0 Å². The molecule has 1 atom stereocenters. The highest BCUT2D eigenvalue weighted by Gasteiger charge is 2.20. The molecular weight excluding hydrogens is 139 g/mol. The number of hydrogen-bond donors (Lipinski definition) is 0. The van der Waals surface area contributed by atoms with Gasteiger partial charge in [-0.2, -0.15) is 0 Å². The highest BCUT2D eigenvalue weighted by atomic mass is 35.5. The van der Waals surface area contributed by atoms with Crippen LogP contribution in [0.25, 0.3) is 0 Å². The molecule has 0 spiro atoms. The summed E-state index contributed by atoms with van der Waals surface area (Å²) >= 11 is 5.29. The first-order valence-electron chi connectivity index (χ1n) is 3.59. The van der Waals surface area contributed by atoms with Crippen LogP contribution in [0, 0.1) is 5.92 Å². The molecule has 1 aliphatic rings. The third-order valence-electron chi connectivity index (χ3n) is 2.01. The van der Waals surface area contributed by atoms with Gasteiger partial charge >= 0.3 is 0 Å². The van der Waals surface area contributed by atoms with E-state index in [0.29, 0.717) is 0 Å². The van der Waals surface area contributed by atoms with E-state index >= 15 is 0 Å². The fourth-order valence-corrected chi connectivity index (χ4v) is 1.64. The molecule has 0 aromatic rings. The second-order valence-electron chi connectivity index (χ2n) is 2.73. The molecule has 0 aliphatic heterocycles. The molecule has 1 saturated carbocycles. The van der Waals surface area contributed by atoms with E-state index in [1.165, 1.54) is 6.42 Å². The predicted octanol–water partition coefficient (Wildman–Crippen LogP) is 3.10. The summed E-state index contributed by atoms with van der Waals surface area (Å²) < 4.78 is 12.4. The van der Waals surface area contributed by atoms with Gasteiger partial charge in [-0.05, 0) is 12.8 Å². The third kappa shape index (κ3) is 2.13.